The van der Waals surface area contributed by atoms with Crippen LogP contribution in [0.5, 0.6) is 5.75 Å². The normalized spacial score (nSPS) is 21.4. The third-order valence-corrected chi connectivity index (χ3v) is 12.2. The van der Waals surface area contributed by atoms with Gasteiger partial charge in [0.25, 0.3) is 0 Å². The fourth-order valence-electron chi connectivity index (χ4n) is 5.77. The van der Waals surface area contributed by atoms with Crippen LogP contribution in [0.2, 0.25) is 5.28 Å². The largest absolute Gasteiger partial charge is 0.481 e. The molecule has 1 aliphatic heterocycles. The van der Waals surface area contributed by atoms with Crippen molar-refractivity contribution in [3.8, 4) is 5.75 Å². The number of likely N-dealkylation sites (N-methyl/N-ethyl adjacent to an activating group) is 1. The van der Waals surface area contributed by atoms with Crippen LogP contribution in [0.25, 0.3) is 11.2 Å². The van der Waals surface area contributed by atoms with Gasteiger partial charge in [-0.2, -0.15) is 19.4 Å². The monoisotopic (exact) mass is 827 g/mol. The van der Waals surface area contributed by atoms with Gasteiger partial charge in [0.1, 0.15) is 36.1 Å². The zero-order valence-electron chi connectivity index (χ0n) is 30.6. The van der Waals surface area contributed by atoms with Crippen molar-refractivity contribution >= 4 is 50.1 Å². The molecule has 0 aliphatic carbocycles. The number of halogens is 2. The number of carbonyl (C=O) groups is 1. The van der Waals surface area contributed by atoms with Gasteiger partial charge in [-0.05, 0) is 54.2 Å². The third kappa shape index (κ3) is 10.9. The summed E-state index contributed by atoms with van der Waals surface area (Å²) in [6.07, 6.45) is -5.43. The Bertz CT molecular complexity index is 2010. The molecule has 7 atom stereocenters. The number of aliphatic hydroxyl groups excluding tert-OH is 1. The lowest BCUT2D eigenvalue weighted by molar-refractivity contribution is -0.148. The molecule has 2 aromatic heterocycles. The lowest BCUT2D eigenvalue weighted by Crippen LogP contribution is -2.41. The quantitative estimate of drug-likeness (QED) is 0.0540. The van der Waals surface area contributed by atoms with Crippen molar-refractivity contribution in [1.82, 2.24) is 29.5 Å². The van der Waals surface area contributed by atoms with Crippen molar-refractivity contribution in [2.75, 3.05) is 32.0 Å². The highest BCUT2D eigenvalue weighted by atomic mass is 35.5. The number of alkyl halides is 1. The Balaban J connectivity index is 1.36. The first-order chi connectivity index (χ1) is 26.1. The van der Waals surface area contributed by atoms with Gasteiger partial charge in [0.05, 0.1) is 12.9 Å². The average molecular weight is 828 g/mol. The van der Waals surface area contributed by atoms with Crippen LogP contribution >= 0.6 is 27.2 Å². The molecule has 55 heavy (non-hydrogen) atoms. The molecular weight excluding hydrogens is 783 g/mol. The van der Waals surface area contributed by atoms with Gasteiger partial charge in [-0.15, -0.1) is 0 Å². The lowest BCUT2D eigenvalue weighted by atomic mass is 10.1. The molecule has 0 amide bonds. The molecule has 0 saturated carbocycles. The van der Waals surface area contributed by atoms with E-state index >= 15 is 4.39 Å². The van der Waals surface area contributed by atoms with E-state index in [2.05, 4.69) is 24.9 Å². The molecule has 2 aromatic carbocycles. The minimum atomic E-state index is -5.42. The van der Waals surface area contributed by atoms with Crippen molar-refractivity contribution in [2.24, 2.45) is 5.92 Å². The summed E-state index contributed by atoms with van der Waals surface area (Å²) in [6.45, 7) is 8.49. The van der Waals surface area contributed by atoms with Crippen molar-refractivity contribution in [1.29, 1.82) is 0 Å². The van der Waals surface area contributed by atoms with E-state index in [-0.39, 0.29) is 34.6 Å². The number of imidazole rings is 1. The molecule has 4 aromatic rings. The highest BCUT2D eigenvalue weighted by molar-refractivity contribution is 7.63. The Kier molecular flexibility index (Phi) is 14.4. The van der Waals surface area contributed by atoms with E-state index in [1.165, 1.54) is 6.07 Å². The molecule has 0 bridgehead atoms. The molecule has 0 spiro atoms. The van der Waals surface area contributed by atoms with Crippen LogP contribution in [0.15, 0.2) is 60.9 Å². The minimum absolute atomic E-state index is 0.0126. The predicted molar refractivity (Wildman–Crippen MR) is 201 cm³/mol. The molecule has 4 unspecified atom stereocenters. The maximum Gasteiger partial charge on any atom is 0.481 e. The standard InChI is InChI=1S/C34H45ClFN7O10P2/c1-5-42(6-2)17-16-23-14-10-11-15-24(23)52-54(46,41-27(21(3)4)33(45)49-18-22-12-8-7-9-13-22)53-55(47,48)50-19-25-29(44)26(36)32(51-25)43-20-38-28-30(37)39-34(35)40-31(28)43/h7-15,20-21,25-27,29,32,44H,5-6,16-19H2,1-4H3,(H,41,46)(H,47,48)(H2,37,39,40)/t25-,26?,27+,29?,32-,54?/m1/s1. The summed E-state index contributed by atoms with van der Waals surface area (Å²) in [5, 5.41) is 13.0. The average Bonchev–Trinajstić information content (AvgIpc) is 3.69. The van der Waals surface area contributed by atoms with Crippen LogP contribution < -0.4 is 15.3 Å². The molecule has 0 radical (unpaired) electrons. The predicted octanol–water partition coefficient (Wildman–Crippen LogP) is 5.22. The van der Waals surface area contributed by atoms with Crippen LogP contribution in [0.1, 0.15) is 45.0 Å². The van der Waals surface area contributed by atoms with Gasteiger partial charge in [0.2, 0.25) is 5.28 Å². The first-order valence-electron chi connectivity index (χ1n) is 17.5. The van der Waals surface area contributed by atoms with E-state index in [4.69, 9.17) is 40.2 Å². The first kappa shape index (κ1) is 42.6. The molecule has 3 heterocycles. The van der Waals surface area contributed by atoms with E-state index in [0.717, 1.165) is 24.0 Å². The number of nitrogen functional groups attached to an aromatic ring is 1. The second-order valence-electron chi connectivity index (χ2n) is 13.0. The Hall–Kier alpha value is -3.54. The van der Waals surface area contributed by atoms with Crippen molar-refractivity contribution < 1.29 is 51.1 Å². The number of phosphoric acid groups is 1. The van der Waals surface area contributed by atoms with E-state index < -0.39 is 64.7 Å². The SMILES string of the molecule is CCN(CC)CCc1ccccc1OP(=O)(N[C@H](C(=O)OCc1ccccc1)C(C)C)OP(=O)(O)OC[C@H]1O[C@@H](n2cnc3c(N)nc(Cl)nc32)C(F)C1O. The molecule has 17 nitrogen and oxygen atoms in total. The number of phosphoric ester groups is 1. The van der Waals surface area contributed by atoms with Gasteiger partial charge in [-0.3, -0.25) is 13.9 Å². The van der Waals surface area contributed by atoms with Crippen LogP contribution in [0, 0.1) is 5.92 Å². The number of rotatable bonds is 19. The molecule has 1 saturated heterocycles. The lowest BCUT2D eigenvalue weighted by Gasteiger charge is -2.28. The summed E-state index contributed by atoms with van der Waals surface area (Å²) in [6, 6.07) is 14.1. The number of carbonyl (C=O) groups excluding carboxylic acids is 1. The van der Waals surface area contributed by atoms with Crippen LogP contribution in [0.3, 0.4) is 0 Å². The van der Waals surface area contributed by atoms with Gasteiger partial charge in [-0.1, -0.05) is 76.2 Å². The van der Waals surface area contributed by atoms with Crippen LogP contribution in [0.4, 0.5) is 10.2 Å². The number of ether oxygens (including phenoxy) is 2. The Morgan fingerprint density at radius 2 is 1.82 bits per heavy atom. The number of anilines is 1. The smallest absolute Gasteiger partial charge is 0.460 e. The molecular formula is C34H45ClFN7O10P2. The topological polar surface area (TPSA) is 223 Å². The maximum absolute atomic E-state index is 15.4. The number of para-hydroxylation sites is 1. The number of aromatic nitrogens is 4. The zero-order chi connectivity index (χ0) is 39.9. The highest BCUT2D eigenvalue weighted by Gasteiger charge is 2.48. The number of hydrogen-bond acceptors (Lipinski definition) is 14. The summed E-state index contributed by atoms with van der Waals surface area (Å²) in [7, 11) is -10.4. The Labute approximate surface area is 322 Å². The van der Waals surface area contributed by atoms with Gasteiger partial charge in [0, 0.05) is 6.54 Å². The highest BCUT2D eigenvalue weighted by Crippen LogP contribution is 2.61. The molecule has 21 heteroatoms. The number of esters is 1. The molecule has 5 N–H and O–H groups in total. The Morgan fingerprint density at radius 3 is 2.51 bits per heavy atom. The number of nitrogens with zero attached hydrogens (tertiary/aromatic N) is 5. The molecule has 5 rings (SSSR count). The number of hydrogen-bond donors (Lipinski definition) is 4. The molecule has 300 valence electrons. The van der Waals surface area contributed by atoms with Crippen molar-refractivity contribution in [3.05, 3.63) is 77.3 Å². The number of nitrogens with two attached hydrogens (primary N) is 1. The maximum atomic E-state index is 15.4. The summed E-state index contributed by atoms with van der Waals surface area (Å²) >= 11 is 5.93. The Morgan fingerprint density at radius 1 is 1.13 bits per heavy atom. The van der Waals surface area contributed by atoms with E-state index in [1.54, 1.807) is 56.3 Å². The second kappa shape index (κ2) is 18.6. The van der Waals surface area contributed by atoms with E-state index in [0.29, 0.717) is 24.1 Å². The van der Waals surface area contributed by atoms with E-state index in [1.807, 2.05) is 19.9 Å². The van der Waals surface area contributed by atoms with Gasteiger partial charge in [-0.25, -0.2) is 18.5 Å². The van der Waals surface area contributed by atoms with Crippen molar-refractivity contribution in [2.45, 2.75) is 71.4 Å². The van der Waals surface area contributed by atoms with Crippen LogP contribution in [-0.2, 0) is 45.3 Å². The summed E-state index contributed by atoms with van der Waals surface area (Å²) in [4.78, 5) is 38.4. The minimum Gasteiger partial charge on any atom is -0.460 e. The number of benzene rings is 2. The van der Waals surface area contributed by atoms with Gasteiger partial charge in [0.15, 0.2) is 23.9 Å². The summed E-state index contributed by atoms with van der Waals surface area (Å²) in [5.74, 6) is -1.44. The first-order valence-corrected chi connectivity index (χ1v) is 20.9. The number of nitrogens with one attached hydrogen (secondary N) is 1. The van der Waals surface area contributed by atoms with E-state index in [9.17, 15) is 23.9 Å². The van der Waals surface area contributed by atoms with Crippen molar-refractivity contribution in [3.63, 3.8) is 0 Å². The zero-order valence-corrected chi connectivity index (χ0v) is 33.1. The van der Waals surface area contributed by atoms with Crippen LogP contribution in [-0.4, -0.2) is 91.1 Å². The van der Waals surface area contributed by atoms with Gasteiger partial charge < -0.3 is 34.6 Å². The fourth-order valence-corrected chi connectivity index (χ4v) is 9.10. The number of aliphatic hydroxyl groups is 1. The van der Waals surface area contributed by atoms with Gasteiger partial charge >= 0.3 is 21.5 Å². The number of fused-ring (bicyclic) bond motifs is 1. The molecule has 1 fully saturated rings. The third-order valence-electron chi connectivity index (χ3n) is 8.83. The molecule has 1 aliphatic rings. The summed E-state index contributed by atoms with van der Waals surface area (Å²) in [5.41, 5.74) is 7.26. The second-order valence-corrected chi connectivity index (χ2v) is 16.6. The fraction of sp³-hybridized carbons (Fsp3) is 0.471. The summed E-state index contributed by atoms with van der Waals surface area (Å²) < 4.78 is 72.2.